The zero-order valence-corrected chi connectivity index (χ0v) is 13.7. The van der Waals surface area contributed by atoms with Crippen LogP contribution in [0.25, 0.3) is 0 Å². The molecule has 0 bridgehead atoms. The number of hydrogen-bond acceptors (Lipinski definition) is 4. The lowest BCUT2D eigenvalue weighted by molar-refractivity contribution is 0.174. The Kier molecular flexibility index (Phi) is 5.60. The minimum Gasteiger partial charge on any atom is -0.483 e. The molecule has 1 aromatic heterocycles. The Bertz CT molecular complexity index is 558. The van der Waals surface area contributed by atoms with E-state index in [0.29, 0.717) is 0 Å². The first-order valence-corrected chi connectivity index (χ1v) is 8.17. The van der Waals surface area contributed by atoms with E-state index in [1.807, 2.05) is 42.6 Å². The molecule has 20 heavy (non-hydrogen) atoms. The van der Waals surface area contributed by atoms with Gasteiger partial charge in [0.1, 0.15) is 11.9 Å². The molecule has 3 N–H and O–H groups in total. The molecule has 2 atom stereocenters. The first kappa shape index (κ1) is 15.5. The van der Waals surface area contributed by atoms with E-state index in [4.69, 9.17) is 10.5 Å². The summed E-state index contributed by atoms with van der Waals surface area (Å²) >= 11 is 5.09. The summed E-state index contributed by atoms with van der Waals surface area (Å²) in [5.41, 5.74) is 7.03. The fraction of sp³-hybridized carbons (Fsp3) is 0.333. The maximum Gasteiger partial charge on any atom is 0.148 e. The molecular formula is C15H18BrNO2S. The molecule has 0 aliphatic heterocycles. The predicted octanol–water partition coefficient (Wildman–Crippen LogP) is 3.86. The van der Waals surface area contributed by atoms with Crippen LogP contribution in [0.2, 0.25) is 0 Å². The molecular weight excluding hydrogens is 338 g/mol. The van der Waals surface area contributed by atoms with Gasteiger partial charge in [-0.25, -0.2) is 0 Å². The van der Waals surface area contributed by atoms with Crippen molar-refractivity contribution in [3.05, 3.63) is 50.6 Å². The number of nitrogens with two attached hydrogens (primary N) is 1. The van der Waals surface area contributed by atoms with Gasteiger partial charge in [0.15, 0.2) is 0 Å². The fourth-order valence-corrected chi connectivity index (χ4v) is 3.46. The number of aliphatic hydroxyl groups is 1. The number of aliphatic hydroxyl groups excluding tert-OH is 1. The van der Waals surface area contributed by atoms with E-state index < -0.39 is 0 Å². The molecule has 3 nitrogen and oxygen atoms in total. The highest BCUT2D eigenvalue weighted by Gasteiger charge is 2.22. The lowest BCUT2D eigenvalue weighted by atomic mass is 10.1. The van der Waals surface area contributed by atoms with E-state index in [0.717, 1.165) is 27.1 Å². The number of benzene rings is 1. The standard InChI is InChI=1S/C15H18BrNO2S/c1-2-13(17)15(14-7-11(16)9-20-14)19-12-5-3-4-10(6-12)8-18/h3-7,9,13,15,18H,2,8,17H2,1H3. The smallest absolute Gasteiger partial charge is 0.148 e. The van der Waals surface area contributed by atoms with Crippen molar-refractivity contribution in [2.24, 2.45) is 5.73 Å². The first-order chi connectivity index (χ1) is 9.63. The van der Waals surface area contributed by atoms with Gasteiger partial charge in [0.2, 0.25) is 0 Å². The van der Waals surface area contributed by atoms with Gasteiger partial charge in [-0.1, -0.05) is 19.1 Å². The topological polar surface area (TPSA) is 55.5 Å². The van der Waals surface area contributed by atoms with E-state index in [2.05, 4.69) is 15.9 Å². The number of ether oxygens (including phenoxy) is 1. The van der Waals surface area contributed by atoms with Crippen LogP contribution in [0, 0.1) is 0 Å². The molecule has 2 unspecified atom stereocenters. The van der Waals surface area contributed by atoms with Crippen LogP contribution in [-0.2, 0) is 6.61 Å². The Hall–Kier alpha value is -0.880. The summed E-state index contributed by atoms with van der Waals surface area (Å²) in [6.45, 7) is 2.06. The van der Waals surface area contributed by atoms with Crippen LogP contribution < -0.4 is 10.5 Å². The van der Waals surface area contributed by atoms with Crippen molar-refractivity contribution < 1.29 is 9.84 Å². The van der Waals surface area contributed by atoms with Gasteiger partial charge >= 0.3 is 0 Å². The number of halogens is 1. The molecule has 2 rings (SSSR count). The van der Waals surface area contributed by atoms with Crippen LogP contribution in [0.5, 0.6) is 5.75 Å². The summed E-state index contributed by atoms with van der Waals surface area (Å²) in [7, 11) is 0. The third-order valence-corrected chi connectivity index (χ3v) is 4.83. The largest absolute Gasteiger partial charge is 0.483 e. The van der Waals surface area contributed by atoms with Crippen molar-refractivity contribution >= 4 is 27.3 Å². The molecule has 0 radical (unpaired) electrons. The van der Waals surface area contributed by atoms with E-state index in [9.17, 15) is 5.11 Å². The summed E-state index contributed by atoms with van der Waals surface area (Å²) in [4.78, 5) is 1.10. The van der Waals surface area contributed by atoms with Crippen molar-refractivity contribution in [3.8, 4) is 5.75 Å². The summed E-state index contributed by atoms with van der Waals surface area (Å²) in [5, 5.41) is 11.2. The molecule has 2 aromatic rings. The summed E-state index contributed by atoms with van der Waals surface area (Å²) < 4.78 is 7.10. The maximum absolute atomic E-state index is 9.19. The lowest BCUT2D eigenvalue weighted by Gasteiger charge is -2.23. The van der Waals surface area contributed by atoms with Crippen molar-refractivity contribution in [2.45, 2.75) is 32.1 Å². The van der Waals surface area contributed by atoms with Gasteiger partial charge in [0, 0.05) is 20.8 Å². The first-order valence-electron chi connectivity index (χ1n) is 6.50. The molecule has 5 heteroatoms. The summed E-state index contributed by atoms with van der Waals surface area (Å²) in [6.07, 6.45) is 0.658. The van der Waals surface area contributed by atoms with Crippen molar-refractivity contribution in [1.29, 1.82) is 0 Å². The van der Waals surface area contributed by atoms with Crippen LogP contribution in [0.1, 0.15) is 29.9 Å². The average molecular weight is 356 g/mol. The van der Waals surface area contributed by atoms with E-state index >= 15 is 0 Å². The van der Waals surface area contributed by atoms with Crippen molar-refractivity contribution in [2.75, 3.05) is 0 Å². The molecule has 0 fully saturated rings. The Morgan fingerprint density at radius 2 is 2.20 bits per heavy atom. The van der Waals surface area contributed by atoms with Gasteiger partial charge in [-0.05, 0) is 46.1 Å². The lowest BCUT2D eigenvalue weighted by Crippen LogP contribution is -2.30. The second-order valence-corrected chi connectivity index (χ2v) is 6.44. The second kappa shape index (κ2) is 7.22. The third kappa shape index (κ3) is 3.82. The normalized spacial score (nSPS) is 14.0. The molecule has 1 aromatic carbocycles. The quantitative estimate of drug-likeness (QED) is 0.826. The monoisotopic (exact) mass is 355 g/mol. The zero-order valence-electron chi connectivity index (χ0n) is 11.3. The zero-order chi connectivity index (χ0) is 14.5. The van der Waals surface area contributed by atoms with E-state index in [-0.39, 0.29) is 18.8 Å². The van der Waals surface area contributed by atoms with Gasteiger partial charge in [-0.3, -0.25) is 0 Å². The number of thiophene rings is 1. The van der Waals surface area contributed by atoms with Gasteiger partial charge in [-0.2, -0.15) is 0 Å². The van der Waals surface area contributed by atoms with Crippen LogP contribution in [0.3, 0.4) is 0 Å². The maximum atomic E-state index is 9.19. The Labute approximate surface area is 131 Å². The SMILES string of the molecule is CCC(N)C(Oc1cccc(CO)c1)c1cc(Br)cs1. The van der Waals surface area contributed by atoms with E-state index in [1.165, 1.54) is 0 Å². The third-order valence-electron chi connectivity index (χ3n) is 3.07. The molecule has 0 saturated heterocycles. The molecule has 1 heterocycles. The van der Waals surface area contributed by atoms with Crippen molar-refractivity contribution in [3.63, 3.8) is 0 Å². The van der Waals surface area contributed by atoms with Crippen LogP contribution in [0.4, 0.5) is 0 Å². The molecule has 0 spiro atoms. The Balaban J connectivity index is 2.23. The molecule has 0 aliphatic rings. The highest BCUT2D eigenvalue weighted by molar-refractivity contribution is 9.10. The van der Waals surface area contributed by atoms with Crippen LogP contribution in [0.15, 0.2) is 40.2 Å². The Morgan fingerprint density at radius 3 is 2.80 bits per heavy atom. The average Bonchev–Trinajstić information content (AvgIpc) is 2.90. The minimum absolute atomic E-state index is 0.00620. The van der Waals surface area contributed by atoms with Gasteiger partial charge < -0.3 is 15.6 Å². The van der Waals surface area contributed by atoms with Gasteiger partial charge in [-0.15, -0.1) is 11.3 Å². The minimum atomic E-state index is -0.176. The summed E-state index contributed by atoms with van der Waals surface area (Å²) in [6, 6.07) is 9.44. The fourth-order valence-electron chi connectivity index (χ4n) is 1.91. The highest BCUT2D eigenvalue weighted by Crippen LogP contribution is 2.32. The second-order valence-electron chi connectivity index (χ2n) is 4.58. The van der Waals surface area contributed by atoms with Crippen molar-refractivity contribution in [1.82, 2.24) is 0 Å². The van der Waals surface area contributed by atoms with Crippen LogP contribution in [-0.4, -0.2) is 11.1 Å². The summed E-state index contributed by atoms with van der Waals surface area (Å²) in [5.74, 6) is 0.731. The van der Waals surface area contributed by atoms with Crippen LogP contribution >= 0.6 is 27.3 Å². The number of hydrogen-bond donors (Lipinski definition) is 2. The van der Waals surface area contributed by atoms with E-state index in [1.54, 1.807) is 11.3 Å². The predicted molar refractivity (Wildman–Crippen MR) is 86.0 cm³/mol. The van der Waals surface area contributed by atoms with Gasteiger partial charge in [0.25, 0.3) is 0 Å². The molecule has 0 amide bonds. The Morgan fingerprint density at radius 1 is 1.40 bits per heavy atom. The number of rotatable bonds is 6. The molecule has 108 valence electrons. The molecule has 0 aliphatic carbocycles. The molecule has 0 saturated carbocycles. The highest BCUT2D eigenvalue weighted by atomic mass is 79.9. The van der Waals surface area contributed by atoms with Gasteiger partial charge in [0.05, 0.1) is 6.61 Å².